The summed E-state index contributed by atoms with van der Waals surface area (Å²) in [7, 11) is 0. The summed E-state index contributed by atoms with van der Waals surface area (Å²) in [5.74, 6) is -0.940. The maximum absolute atomic E-state index is 10.9. The Kier molecular flexibility index (Phi) is 3.02. The number of carbonyl (C=O) groups excluding carboxylic acids is 2. The van der Waals surface area contributed by atoms with Gasteiger partial charge in [0, 0.05) is 0 Å². The summed E-state index contributed by atoms with van der Waals surface area (Å²) in [6, 6.07) is 0. The fraction of sp³-hybridized carbons (Fsp3) is 0.556. The van der Waals surface area contributed by atoms with Crippen LogP contribution in [0.3, 0.4) is 0 Å². The molecule has 66 valence electrons. The zero-order valence-electron chi connectivity index (χ0n) is 6.91. The fourth-order valence-corrected chi connectivity index (χ4v) is 1.25. The van der Waals surface area contributed by atoms with Crippen molar-refractivity contribution in [3.05, 3.63) is 12.7 Å². The Balaban J connectivity index is 2.28. The highest BCUT2D eigenvalue weighted by molar-refractivity contribution is 5.94. The third-order valence-corrected chi connectivity index (χ3v) is 1.92. The van der Waals surface area contributed by atoms with Crippen molar-refractivity contribution in [3.63, 3.8) is 0 Å². The van der Waals surface area contributed by atoms with Gasteiger partial charge in [0.1, 0.15) is 0 Å². The Morgan fingerprint density at radius 2 is 2.33 bits per heavy atom. The Labute approximate surface area is 71.4 Å². The number of hydrogen-bond donors (Lipinski definition) is 0. The molecule has 0 aliphatic carbocycles. The van der Waals surface area contributed by atoms with Gasteiger partial charge in [-0.25, -0.2) is 0 Å². The second kappa shape index (κ2) is 4.04. The van der Waals surface area contributed by atoms with Gasteiger partial charge in [-0.1, -0.05) is 6.08 Å². The minimum atomic E-state index is -0.386. The molecule has 0 spiro atoms. The van der Waals surface area contributed by atoms with Crippen LogP contribution in [0.2, 0.25) is 0 Å². The zero-order valence-corrected chi connectivity index (χ0v) is 6.91. The lowest BCUT2D eigenvalue weighted by Crippen LogP contribution is -2.06. The first-order valence-electron chi connectivity index (χ1n) is 4.09. The van der Waals surface area contributed by atoms with Crippen LogP contribution >= 0.6 is 0 Å². The Bertz CT molecular complexity index is 208. The van der Waals surface area contributed by atoms with Crippen LogP contribution in [0.5, 0.6) is 0 Å². The van der Waals surface area contributed by atoms with Gasteiger partial charge < -0.3 is 4.74 Å². The Morgan fingerprint density at radius 3 is 2.83 bits per heavy atom. The summed E-state index contributed by atoms with van der Waals surface area (Å²) in [6.45, 7) is 3.58. The lowest BCUT2D eigenvalue weighted by molar-refractivity contribution is -0.153. The van der Waals surface area contributed by atoms with Crippen molar-refractivity contribution in [2.45, 2.75) is 25.7 Å². The van der Waals surface area contributed by atoms with Crippen molar-refractivity contribution in [3.8, 4) is 0 Å². The second-order valence-corrected chi connectivity index (χ2v) is 2.91. The lowest BCUT2D eigenvalue weighted by atomic mass is 10.0. The summed E-state index contributed by atoms with van der Waals surface area (Å²) in [5, 5.41) is 0. The van der Waals surface area contributed by atoms with E-state index in [1.807, 2.05) is 6.08 Å². The Morgan fingerprint density at radius 1 is 1.58 bits per heavy atom. The molecule has 1 rings (SSSR count). The third-order valence-electron chi connectivity index (χ3n) is 1.92. The molecule has 1 saturated heterocycles. The van der Waals surface area contributed by atoms with Crippen molar-refractivity contribution in [2.24, 2.45) is 5.92 Å². The molecule has 1 heterocycles. The molecule has 1 atom stereocenters. The normalized spacial score (nSPS) is 22.5. The monoisotopic (exact) mass is 168 g/mol. The summed E-state index contributed by atoms with van der Waals surface area (Å²) >= 11 is 0. The predicted molar refractivity (Wildman–Crippen MR) is 43.3 cm³/mol. The highest BCUT2D eigenvalue weighted by Crippen LogP contribution is 2.21. The SMILES string of the molecule is C=CCCCC1CC(=O)OC1=O. The molecular formula is C9H12O3. The molecule has 0 aromatic carbocycles. The maximum atomic E-state index is 10.9. The number of ether oxygens (including phenoxy) is 1. The van der Waals surface area contributed by atoms with Gasteiger partial charge in [-0.2, -0.15) is 0 Å². The summed E-state index contributed by atoms with van der Waals surface area (Å²) in [4.78, 5) is 21.5. The van der Waals surface area contributed by atoms with Crippen LogP contribution in [-0.4, -0.2) is 11.9 Å². The number of esters is 2. The van der Waals surface area contributed by atoms with Crippen LogP contribution in [0.1, 0.15) is 25.7 Å². The summed E-state index contributed by atoms with van der Waals surface area (Å²) in [5.41, 5.74) is 0. The molecule has 1 unspecified atom stereocenters. The van der Waals surface area contributed by atoms with Gasteiger partial charge in [-0.3, -0.25) is 9.59 Å². The minimum Gasteiger partial charge on any atom is -0.393 e. The van der Waals surface area contributed by atoms with E-state index < -0.39 is 0 Å². The van der Waals surface area contributed by atoms with Crippen molar-refractivity contribution < 1.29 is 14.3 Å². The van der Waals surface area contributed by atoms with Crippen LogP contribution < -0.4 is 0 Å². The standard InChI is InChI=1S/C9H12O3/c1-2-3-4-5-7-6-8(10)12-9(7)11/h2,7H,1,3-6H2. The van der Waals surface area contributed by atoms with Gasteiger partial charge in [0.25, 0.3) is 0 Å². The van der Waals surface area contributed by atoms with E-state index in [1.165, 1.54) is 0 Å². The molecule has 1 fully saturated rings. The van der Waals surface area contributed by atoms with E-state index in [4.69, 9.17) is 0 Å². The number of unbranched alkanes of at least 4 members (excludes halogenated alkanes) is 1. The molecule has 1 aliphatic heterocycles. The van der Waals surface area contributed by atoms with Gasteiger partial charge in [-0.05, 0) is 19.3 Å². The first-order chi connectivity index (χ1) is 5.74. The van der Waals surface area contributed by atoms with E-state index in [9.17, 15) is 9.59 Å². The molecule has 0 aromatic rings. The highest BCUT2D eigenvalue weighted by Gasteiger charge is 2.32. The molecule has 0 aromatic heterocycles. The van der Waals surface area contributed by atoms with Crippen LogP contribution in [0.4, 0.5) is 0 Å². The van der Waals surface area contributed by atoms with E-state index in [1.54, 1.807) is 0 Å². The predicted octanol–water partition coefficient (Wildman–Crippen LogP) is 1.43. The Hall–Kier alpha value is -1.12. The van der Waals surface area contributed by atoms with Crippen molar-refractivity contribution in [2.75, 3.05) is 0 Å². The number of allylic oxidation sites excluding steroid dienone is 1. The van der Waals surface area contributed by atoms with Gasteiger partial charge in [0.05, 0.1) is 12.3 Å². The van der Waals surface area contributed by atoms with Crippen molar-refractivity contribution in [1.82, 2.24) is 0 Å². The lowest BCUT2D eigenvalue weighted by Gasteiger charge is -2.00. The van der Waals surface area contributed by atoms with Crippen LogP contribution in [-0.2, 0) is 14.3 Å². The van der Waals surface area contributed by atoms with E-state index in [-0.39, 0.29) is 24.3 Å². The van der Waals surface area contributed by atoms with Crippen molar-refractivity contribution in [1.29, 1.82) is 0 Å². The molecule has 3 nitrogen and oxygen atoms in total. The van der Waals surface area contributed by atoms with E-state index in [0.717, 1.165) is 19.3 Å². The molecule has 12 heavy (non-hydrogen) atoms. The van der Waals surface area contributed by atoms with Gasteiger partial charge in [0.15, 0.2) is 0 Å². The van der Waals surface area contributed by atoms with Crippen LogP contribution in [0.15, 0.2) is 12.7 Å². The van der Waals surface area contributed by atoms with Gasteiger partial charge in [-0.15, -0.1) is 6.58 Å². The number of cyclic esters (lactones) is 2. The quantitative estimate of drug-likeness (QED) is 0.276. The molecule has 0 saturated carbocycles. The average molecular weight is 168 g/mol. The maximum Gasteiger partial charge on any atom is 0.317 e. The summed E-state index contributed by atoms with van der Waals surface area (Å²) < 4.78 is 4.40. The molecule has 0 radical (unpaired) electrons. The summed E-state index contributed by atoms with van der Waals surface area (Å²) in [6.07, 6.45) is 4.59. The van der Waals surface area contributed by atoms with Gasteiger partial charge in [0.2, 0.25) is 0 Å². The van der Waals surface area contributed by atoms with E-state index >= 15 is 0 Å². The first kappa shape index (κ1) is 8.97. The largest absolute Gasteiger partial charge is 0.393 e. The molecule has 1 aliphatic rings. The van der Waals surface area contributed by atoms with Crippen LogP contribution in [0, 0.1) is 5.92 Å². The first-order valence-corrected chi connectivity index (χ1v) is 4.09. The fourth-order valence-electron chi connectivity index (χ4n) is 1.25. The molecule has 0 bridgehead atoms. The van der Waals surface area contributed by atoms with E-state index in [2.05, 4.69) is 11.3 Å². The van der Waals surface area contributed by atoms with Gasteiger partial charge >= 0.3 is 11.9 Å². The number of rotatable bonds is 4. The number of hydrogen-bond acceptors (Lipinski definition) is 3. The molecular weight excluding hydrogens is 156 g/mol. The topological polar surface area (TPSA) is 43.4 Å². The number of carbonyl (C=O) groups is 2. The zero-order chi connectivity index (χ0) is 8.97. The van der Waals surface area contributed by atoms with Crippen LogP contribution in [0.25, 0.3) is 0 Å². The smallest absolute Gasteiger partial charge is 0.317 e. The third kappa shape index (κ3) is 2.19. The van der Waals surface area contributed by atoms with E-state index in [0.29, 0.717) is 0 Å². The molecule has 3 heteroatoms. The minimum absolute atomic E-state index is 0.197. The molecule has 0 N–H and O–H groups in total. The molecule has 0 amide bonds. The second-order valence-electron chi connectivity index (χ2n) is 2.91. The average Bonchev–Trinajstić information content (AvgIpc) is 2.31. The highest BCUT2D eigenvalue weighted by atomic mass is 16.6. The van der Waals surface area contributed by atoms with Crippen molar-refractivity contribution >= 4 is 11.9 Å².